The largest absolute Gasteiger partial charge is 0.393 e. The molecule has 4 rings (SSSR count). The number of hydrogen-bond donors (Lipinski definition) is 2. The van der Waals surface area contributed by atoms with Crippen LogP contribution in [-0.2, 0) is 0 Å². The lowest BCUT2D eigenvalue weighted by Gasteiger charge is -2.25. The molecular formula is C21H32N4O. The van der Waals surface area contributed by atoms with E-state index in [1.54, 1.807) is 0 Å². The molecule has 2 aromatic rings. The Balaban J connectivity index is 1.74. The molecule has 0 aliphatic heterocycles. The van der Waals surface area contributed by atoms with Crippen LogP contribution in [0.1, 0.15) is 94.7 Å². The highest BCUT2D eigenvalue weighted by molar-refractivity contribution is 5.58. The second-order valence-electron chi connectivity index (χ2n) is 8.54. The van der Waals surface area contributed by atoms with Crippen LogP contribution in [0.5, 0.6) is 0 Å². The first kappa shape index (κ1) is 17.8. The van der Waals surface area contributed by atoms with Gasteiger partial charge in [0, 0.05) is 17.7 Å². The highest BCUT2D eigenvalue weighted by atomic mass is 16.3. The van der Waals surface area contributed by atoms with Crippen molar-refractivity contribution in [2.24, 2.45) is 0 Å². The lowest BCUT2D eigenvalue weighted by molar-refractivity contribution is 0.121. The van der Waals surface area contributed by atoms with Crippen LogP contribution in [0.25, 0.3) is 5.52 Å². The topological polar surface area (TPSA) is 62.5 Å². The third kappa shape index (κ3) is 3.59. The molecule has 2 aliphatic carbocycles. The maximum absolute atomic E-state index is 9.90. The predicted molar refractivity (Wildman–Crippen MR) is 105 cm³/mol. The smallest absolute Gasteiger partial charge is 0.241 e. The summed E-state index contributed by atoms with van der Waals surface area (Å²) in [5.41, 5.74) is 3.95. The molecule has 0 atom stereocenters. The van der Waals surface area contributed by atoms with Crippen LogP contribution in [0, 0.1) is 0 Å². The van der Waals surface area contributed by atoms with E-state index in [9.17, 15) is 5.11 Å². The highest BCUT2D eigenvalue weighted by Gasteiger charge is 2.27. The van der Waals surface area contributed by atoms with E-state index in [4.69, 9.17) is 5.10 Å². The first-order valence-electron chi connectivity index (χ1n) is 10.4. The summed E-state index contributed by atoms with van der Waals surface area (Å²) < 4.78 is 2.16. The standard InChI is InChI=1S/C21H32N4O/c1-14(2)23-21-22-13-20-18(15-6-4-3-5-7-15)12-19(25(20)24-21)16-8-10-17(26)11-9-16/h12-17,26H,3-11H2,1-2H3,(H,23,24). The molecule has 0 amide bonds. The number of anilines is 1. The molecule has 5 heteroatoms. The summed E-state index contributed by atoms with van der Waals surface area (Å²) in [4.78, 5) is 4.59. The zero-order valence-electron chi connectivity index (χ0n) is 16.1. The van der Waals surface area contributed by atoms with Crippen molar-refractivity contribution < 1.29 is 5.11 Å². The maximum atomic E-state index is 9.90. The van der Waals surface area contributed by atoms with Gasteiger partial charge in [-0.2, -0.15) is 0 Å². The van der Waals surface area contributed by atoms with Gasteiger partial charge >= 0.3 is 0 Å². The number of nitrogens with one attached hydrogen (secondary N) is 1. The van der Waals surface area contributed by atoms with E-state index in [1.807, 2.05) is 6.20 Å². The minimum absolute atomic E-state index is 0.122. The van der Waals surface area contributed by atoms with Gasteiger partial charge < -0.3 is 10.4 Å². The average molecular weight is 357 g/mol. The fourth-order valence-electron chi connectivity index (χ4n) is 4.77. The predicted octanol–water partition coefficient (Wildman–Crippen LogP) is 4.62. The summed E-state index contributed by atoms with van der Waals surface area (Å²) in [6, 6.07) is 2.73. The maximum Gasteiger partial charge on any atom is 0.241 e. The van der Waals surface area contributed by atoms with Crippen LogP contribution in [0.3, 0.4) is 0 Å². The van der Waals surface area contributed by atoms with Gasteiger partial charge in [-0.05, 0) is 69.9 Å². The van der Waals surface area contributed by atoms with E-state index in [-0.39, 0.29) is 6.10 Å². The van der Waals surface area contributed by atoms with E-state index >= 15 is 0 Å². The highest BCUT2D eigenvalue weighted by Crippen LogP contribution is 2.40. The van der Waals surface area contributed by atoms with Gasteiger partial charge in [0.05, 0.1) is 17.8 Å². The Kier molecular flexibility index (Phi) is 5.16. The lowest BCUT2D eigenvalue weighted by Crippen LogP contribution is -2.19. The van der Waals surface area contributed by atoms with Crippen molar-refractivity contribution in [1.82, 2.24) is 14.6 Å². The van der Waals surface area contributed by atoms with Gasteiger partial charge in [-0.1, -0.05) is 19.3 Å². The van der Waals surface area contributed by atoms with E-state index in [0.717, 1.165) is 25.7 Å². The normalized spacial score (nSPS) is 25.1. The van der Waals surface area contributed by atoms with Crippen LogP contribution in [0.4, 0.5) is 5.95 Å². The van der Waals surface area contributed by atoms with E-state index in [2.05, 4.69) is 34.7 Å². The quantitative estimate of drug-likeness (QED) is 0.839. The summed E-state index contributed by atoms with van der Waals surface area (Å²) >= 11 is 0. The summed E-state index contributed by atoms with van der Waals surface area (Å²) in [5.74, 6) is 1.84. The third-order valence-corrected chi connectivity index (χ3v) is 6.15. The van der Waals surface area contributed by atoms with Gasteiger partial charge in [0.25, 0.3) is 0 Å². The number of aliphatic hydroxyl groups excluding tert-OH is 1. The van der Waals surface area contributed by atoms with Gasteiger partial charge in [0.2, 0.25) is 5.95 Å². The van der Waals surface area contributed by atoms with Gasteiger partial charge in [-0.15, -0.1) is 5.10 Å². The van der Waals surface area contributed by atoms with Crippen molar-refractivity contribution >= 4 is 11.5 Å². The number of fused-ring (bicyclic) bond motifs is 1. The van der Waals surface area contributed by atoms with Gasteiger partial charge in [-0.3, -0.25) is 0 Å². The zero-order chi connectivity index (χ0) is 18.1. The molecule has 2 fully saturated rings. The number of nitrogens with zero attached hydrogens (tertiary/aromatic N) is 3. The Labute approximate surface area is 156 Å². The van der Waals surface area contributed by atoms with E-state index in [1.165, 1.54) is 48.9 Å². The fourth-order valence-corrected chi connectivity index (χ4v) is 4.77. The molecule has 2 aromatic heterocycles. The SMILES string of the molecule is CC(C)Nc1ncc2c(C3CCCCC3)cc(C3CCC(O)CC3)n2n1. The molecule has 26 heavy (non-hydrogen) atoms. The van der Waals surface area contributed by atoms with Crippen molar-refractivity contribution in [1.29, 1.82) is 0 Å². The summed E-state index contributed by atoms with van der Waals surface area (Å²) in [5, 5.41) is 18.1. The van der Waals surface area contributed by atoms with Crippen molar-refractivity contribution in [3.63, 3.8) is 0 Å². The van der Waals surface area contributed by atoms with Gasteiger partial charge in [-0.25, -0.2) is 9.50 Å². The number of aromatic nitrogens is 3. The molecule has 0 unspecified atom stereocenters. The molecule has 2 aliphatic rings. The minimum atomic E-state index is -0.122. The van der Waals surface area contributed by atoms with Crippen molar-refractivity contribution in [2.75, 3.05) is 5.32 Å². The van der Waals surface area contributed by atoms with Gasteiger partial charge in [0.1, 0.15) is 0 Å². The Bertz CT molecular complexity index is 740. The molecule has 2 N–H and O–H groups in total. The Morgan fingerprint density at radius 1 is 1.04 bits per heavy atom. The third-order valence-electron chi connectivity index (χ3n) is 6.15. The van der Waals surface area contributed by atoms with Crippen molar-refractivity contribution in [2.45, 2.75) is 95.6 Å². The Hall–Kier alpha value is -1.62. The molecule has 0 saturated heterocycles. The number of hydrogen-bond acceptors (Lipinski definition) is 4. The molecule has 0 spiro atoms. The van der Waals surface area contributed by atoms with Crippen molar-refractivity contribution in [3.8, 4) is 0 Å². The molecule has 0 radical (unpaired) electrons. The molecule has 0 aromatic carbocycles. The number of aliphatic hydroxyl groups is 1. The van der Waals surface area contributed by atoms with Crippen LogP contribution in [-0.4, -0.2) is 31.9 Å². The summed E-state index contributed by atoms with van der Waals surface area (Å²) in [7, 11) is 0. The second kappa shape index (κ2) is 7.55. The average Bonchev–Trinajstić information content (AvgIpc) is 3.01. The lowest BCUT2D eigenvalue weighted by atomic mass is 9.83. The van der Waals surface area contributed by atoms with Gasteiger partial charge in [0.15, 0.2) is 0 Å². The Morgan fingerprint density at radius 2 is 1.77 bits per heavy atom. The molecular weight excluding hydrogens is 324 g/mol. The summed E-state index contributed by atoms with van der Waals surface area (Å²) in [6.45, 7) is 4.22. The fraction of sp³-hybridized carbons (Fsp3) is 0.714. The van der Waals surface area contributed by atoms with Crippen LogP contribution >= 0.6 is 0 Å². The molecule has 142 valence electrons. The first-order valence-corrected chi connectivity index (χ1v) is 10.4. The second-order valence-corrected chi connectivity index (χ2v) is 8.54. The zero-order valence-corrected chi connectivity index (χ0v) is 16.1. The van der Waals surface area contributed by atoms with Crippen molar-refractivity contribution in [3.05, 3.63) is 23.5 Å². The van der Waals surface area contributed by atoms with Crippen LogP contribution in [0.2, 0.25) is 0 Å². The molecule has 2 saturated carbocycles. The van der Waals surface area contributed by atoms with Crippen LogP contribution < -0.4 is 5.32 Å². The molecule has 0 bridgehead atoms. The minimum Gasteiger partial charge on any atom is -0.393 e. The molecule has 2 heterocycles. The van der Waals surface area contributed by atoms with E-state index < -0.39 is 0 Å². The van der Waals surface area contributed by atoms with E-state index in [0.29, 0.717) is 23.8 Å². The monoisotopic (exact) mass is 356 g/mol. The Morgan fingerprint density at radius 3 is 2.46 bits per heavy atom. The summed E-state index contributed by atoms with van der Waals surface area (Å²) in [6.07, 6.45) is 12.4. The molecule has 5 nitrogen and oxygen atoms in total. The number of rotatable bonds is 4. The first-order chi connectivity index (χ1) is 12.6. The van der Waals surface area contributed by atoms with Crippen LogP contribution in [0.15, 0.2) is 12.3 Å².